The van der Waals surface area contributed by atoms with Gasteiger partial charge in [-0.3, -0.25) is 9.97 Å². The Balaban J connectivity index is 0.00000168. The third kappa shape index (κ3) is 2.82. The van der Waals surface area contributed by atoms with Crippen LogP contribution in [0.15, 0.2) is 73.1 Å². The van der Waals surface area contributed by atoms with Gasteiger partial charge in [0.25, 0.3) is 0 Å². The summed E-state index contributed by atoms with van der Waals surface area (Å²) in [5.74, 6) is -0.0766. The third-order valence-electron chi connectivity index (χ3n) is 4.44. The molecule has 118 valence electrons. The Bertz CT molecular complexity index is 1270. The minimum absolute atomic E-state index is 0. The molecule has 0 atom stereocenters. The van der Waals surface area contributed by atoms with Crippen LogP contribution in [-0.2, 0) is 0 Å². The number of hydrogen-bond acceptors (Lipinski definition) is 4. The first-order chi connectivity index (χ1) is 12.3. The van der Waals surface area contributed by atoms with Crippen LogP contribution in [0.2, 0.25) is 0 Å². The average molecular weight is 361 g/mol. The Kier molecular flexibility index (Phi) is 4.73. The van der Waals surface area contributed by atoms with Crippen molar-refractivity contribution in [2.75, 3.05) is 0 Å². The molecule has 26 heavy (non-hydrogen) atoms. The molecule has 0 fully saturated rings. The molecule has 5 heteroatoms. The van der Waals surface area contributed by atoms with E-state index in [2.05, 4.69) is 22.1 Å². The van der Waals surface area contributed by atoms with Crippen LogP contribution in [0.1, 0.15) is 0 Å². The van der Waals surface area contributed by atoms with Crippen molar-refractivity contribution in [3.63, 3.8) is 0 Å². The fourth-order valence-corrected chi connectivity index (χ4v) is 3.24. The Hall–Kier alpha value is -1.89. The summed E-state index contributed by atoms with van der Waals surface area (Å²) < 4.78 is 0. The maximum Gasteiger partial charge on any atom is 1.00 e. The second-order valence-corrected chi connectivity index (χ2v) is 5.92. The molecule has 3 heterocycles. The molecule has 4 nitrogen and oxygen atoms in total. The first-order valence-corrected chi connectivity index (χ1v) is 8.01. The minimum Gasteiger partial charge on any atom is -0.871 e. The summed E-state index contributed by atoms with van der Waals surface area (Å²) in [4.78, 5) is 13.6. The van der Waals surface area contributed by atoms with E-state index in [1.165, 1.54) is 0 Å². The van der Waals surface area contributed by atoms with Crippen molar-refractivity contribution in [1.29, 1.82) is 0 Å². The van der Waals surface area contributed by atoms with Gasteiger partial charge in [0, 0.05) is 34.1 Å². The Morgan fingerprint density at radius 2 is 1.35 bits per heavy atom. The topological polar surface area (TPSA) is 61.7 Å². The number of fused-ring (bicyclic) bond motifs is 4. The van der Waals surface area contributed by atoms with Gasteiger partial charge in [-0.1, -0.05) is 48.2 Å². The zero-order chi connectivity index (χ0) is 16.8. The van der Waals surface area contributed by atoms with Gasteiger partial charge in [-0.05, 0) is 18.2 Å². The fourth-order valence-electron chi connectivity index (χ4n) is 3.24. The van der Waals surface area contributed by atoms with Crippen LogP contribution in [0.5, 0.6) is 5.75 Å². The SMILES string of the molecule is [K+].[O-]c1ccc(-c2ccc3ccc4cccnc4c3n2)c2cccnc12. The summed E-state index contributed by atoms with van der Waals surface area (Å²) in [6.45, 7) is 0. The monoisotopic (exact) mass is 361 g/mol. The van der Waals surface area contributed by atoms with E-state index in [4.69, 9.17) is 4.98 Å². The van der Waals surface area contributed by atoms with E-state index in [-0.39, 0.29) is 57.1 Å². The van der Waals surface area contributed by atoms with E-state index in [0.717, 1.165) is 38.4 Å². The van der Waals surface area contributed by atoms with E-state index in [1.807, 2.05) is 42.5 Å². The van der Waals surface area contributed by atoms with Crippen LogP contribution >= 0.6 is 0 Å². The molecule has 0 spiro atoms. The van der Waals surface area contributed by atoms with E-state index < -0.39 is 0 Å². The van der Waals surface area contributed by atoms with Crippen molar-refractivity contribution in [1.82, 2.24) is 15.0 Å². The largest absolute Gasteiger partial charge is 1.00 e. The molecule has 0 saturated heterocycles. The maximum atomic E-state index is 12.1. The molecule has 0 bridgehead atoms. The van der Waals surface area contributed by atoms with Crippen molar-refractivity contribution >= 4 is 32.7 Å². The molecule has 0 unspecified atom stereocenters. The van der Waals surface area contributed by atoms with Crippen LogP contribution in [-0.4, -0.2) is 15.0 Å². The van der Waals surface area contributed by atoms with Crippen LogP contribution in [0.3, 0.4) is 0 Å². The maximum absolute atomic E-state index is 12.1. The summed E-state index contributed by atoms with van der Waals surface area (Å²) in [6.07, 6.45) is 3.42. The molecule has 0 saturated carbocycles. The van der Waals surface area contributed by atoms with Gasteiger partial charge in [-0.15, -0.1) is 0 Å². The zero-order valence-electron chi connectivity index (χ0n) is 14.2. The minimum atomic E-state index is -0.0766. The number of nitrogens with zero attached hydrogens (tertiary/aromatic N) is 3. The smallest absolute Gasteiger partial charge is 0.871 e. The van der Waals surface area contributed by atoms with Gasteiger partial charge in [0.2, 0.25) is 0 Å². The molecule has 5 rings (SSSR count). The van der Waals surface area contributed by atoms with Gasteiger partial charge in [0.15, 0.2) is 0 Å². The molecule has 0 aliphatic rings. The number of benzene rings is 2. The zero-order valence-corrected chi connectivity index (χ0v) is 17.3. The number of pyridine rings is 3. The Morgan fingerprint density at radius 1 is 0.654 bits per heavy atom. The second-order valence-electron chi connectivity index (χ2n) is 5.92. The van der Waals surface area contributed by atoms with E-state index in [9.17, 15) is 5.11 Å². The second kappa shape index (κ2) is 7.02. The van der Waals surface area contributed by atoms with E-state index in [0.29, 0.717) is 5.52 Å². The molecule has 0 aliphatic carbocycles. The van der Waals surface area contributed by atoms with Gasteiger partial charge in [0.1, 0.15) is 0 Å². The van der Waals surface area contributed by atoms with E-state index in [1.54, 1.807) is 18.5 Å². The van der Waals surface area contributed by atoms with Crippen molar-refractivity contribution in [2.24, 2.45) is 0 Å². The molecular weight excluding hydrogens is 349 g/mol. The van der Waals surface area contributed by atoms with Gasteiger partial charge in [-0.2, -0.15) is 0 Å². The molecule has 0 amide bonds. The van der Waals surface area contributed by atoms with Gasteiger partial charge in [0.05, 0.1) is 22.2 Å². The van der Waals surface area contributed by atoms with Crippen molar-refractivity contribution in [2.45, 2.75) is 0 Å². The summed E-state index contributed by atoms with van der Waals surface area (Å²) in [6, 6.07) is 19.2. The summed E-state index contributed by atoms with van der Waals surface area (Å²) in [5.41, 5.74) is 3.92. The quantitative estimate of drug-likeness (QED) is 0.331. The van der Waals surface area contributed by atoms with Crippen molar-refractivity contribution in [3.05, 3.63) is 73.1 Å². The molecule has 0 radical (unpaired) electrons. The Morgan fingerprint density at radius 3 is 2.19 bits per heavy atom. The predicted molar refractivity (Wildman–Crippen MR) is 97.2 cm³/mol. The van der Waals surface area contributed by atoms with Gasteiger partial charge in [-0.25, -0.2) is 4.98 Å². The standard InChI is InChI=1S/C21H13N3O.K/c25-18-10-8-15(16-4-2-12-23-21(16)18)17-9-7-14-6-5-13-3-1-11-22-19(13)20(14)24-17;/h1-12,25H;/q;+1/p-1. The van der Waals surface area contributed by atoms with Crippen LogP contribution in [0, 0.1) is 0 Å². The molecule has 5 aromatic rings. The van der Waals surface area contributed by atoms with Crippen LogP contribution in [0.25, 0.3) is 44.0 Å². The van der Waals surface area contributed by atoms with E-state index >= 15 is 0 Å². The normalized spacial score (nSPS) is 10.9. The number of hydrogen-bond donors (Lipinski definition) is 0. The van der Waals surface area contributed by atoms with Gasteiger partial charge < -0.3 is 5.11 Å². The number of aromatic nitrogens is 3. The van der Waals surface area contributed by atoms with Crippen LogP contribution in [0.4, 0.5) is 0 Å². The molecular formula is C21H12KN3O. The summed E-state index contributed by atoms with van der Waals surface area (Å²) >= 11 is 0. The molecule has 0 N–H and O–H groups in total. The first kappa shape index (κ1) is 17.5. The van der Waals surface area contributed by atoms with Crippen LogP contribution < -0.4 is 56.5 Å². The van der Waals surface area contributed by atoms with Gasteiger partial charge >= 0.3 is 51.4 Å². The fraction of sp³-hybridized carbons (Fsp3) is 0. The molecule has 0 aliphatic heterocycles. The Labute approximate surface area is 192 Å². The van der Waals surface area contributed by atoms with Crippen molar-refractivity contribution < 1.29 is 56.5 Å². The summed E-state index contributed by atoms with van der Waals surface area (Å²) in [5, 5.41) is 15.0. The number of rotatable bonds is 1. The predicted octanol–water partition coefficient (Wildman–Crippen LogP) is 1.08. The molecule has 2 aromatic carbocycles. The average Bonchev–Trinajstić information content (AvgIpc) is 2.68. The summed E-state index contributed by atoms with van der Waals surface area (Å²) in [7, 11) is 0. The third-order valence-corrected chi connectivity index (χ3v) is 4.44. The first-order valence-electron chi connectivity index (χ1n) is 8.01. The molecule has 3 aromatic heterocycles. The van der Waals surface area contributed by atoms with Crippen molar-refractivity contribution in [3.8, 4) is 17.0 Å².